The van der Waals surface area contributed by atoms with Gasteiger partial charge in [-0.2, -0.15) is 0 Å². The van der Waals surface area contributed by atoms with Crippen LogP contribution in [0.2, 0.25) is 0 Å². The zero-order chi connectivity index (χ0) is 22.0. The minimum atomic E-state index is 0.213. The maximum atomic E-state index is 6.15. The molecule has 0 aromatic heterocycles. The molecule has 0 radical (unpaired) electrons. The maximum absolute atomic E-state index is 6.15. The van der Waals surface area contributed by atoms with Crippen molar-refractivity contribution in [3.63, 3.8) is 0 Å². The number of hydrogen-bond donors (Lipinski definition) is 0. The first-order valence-electron chi connectivity index (χ1n) is 11.2. The molecule has 0 heterocycles. The Morgan fingerprint density at radius 2 is 1.60 bits per heavy atom. The molecule has 0 aliphatic heterocycles. The lowest BCUT2D eigenvalue weighted by atomic mass is 10.0. The van der Waals surface area contributed by atoms with Gasteiger partial charge in [0.15, 0.2) is 0 Å². The fourth-order valence-electron chi connectivity index (χ4n) is 2.98. The molecule has 6 heteroatoms. The molecule has 0 amide bonds. The van der Waals surface area contributed by atoms with E-state index in [1.165, 1.54) is 19.3 Å². The zero-order valence-corrected chi connectivity index (χ0v) is 20.2. The molecule has 0 saturated heterocycles. The quantitative estimate of drug-likeness (QED) is 0.137. The fourth-order valence-corrected chi connectivity index (χ4v) is 3.11. The molecular formula is C24H37Cl2NO3. The Balaban J connectivity index is 2.37. The molecule has 0 spiro atoms. The van der Waals surface area contributed by atoms with Crippen molar-refractivity contribution < 1.29 is 14.3 Å². The van der Waals surface area contributed by atoms with Crippen molar-refractivity contribution in [3.8, 4) is 11.5 Å². The van der Waals surface area contributed by atoms with E-state index in [1.54, 1.807) is 6.08 Å². The van der Waals surface area contributed by atoms with E-state index in [1.807, 2.05) is 18.3 Å². The van der Waals surface area contributed by atoms with E-state index in [0.29, 0.717) is 19.8 Å². The smallest absolute Gasteiger partial charge is 0.125 e. The summed E-state index contributed by atoms with van der Waals surface area (Å²) in [5, 5.41) is 4.01. The van der Waals surface area contributed by atoms with Gasteiger partial charge >= 0.3 is 0 Å². The van der Waals surface area contributed by atoms with Gasteiger partial charge in [-0.1, -0.05) is 62.0 Å². The Kier molecular flexibility index (Phi) is 15.4. The van der Waals surface area contributed by atoms with Crippen LogP contribution < -0.4 is 9.47 Å². The van der Waals surface area contributed by atoms with Crippen molar-refractivity contribution in [2.45, 2.75) is 78.6 Å². The van der Waals surface area contributed by atoms with Gasteiger partial charge in [0.2, 0.25) is 0 Å². The van der Waals surface area contributed by atoms with E-state index in [9.17, 15) is 0 Å². The standard InChI is InChI=1S/C24H37Cl2NO3/c1-4-7-8-10-14-27-30-16-12-9-11-15-29-24-20(5-2)18-22(19-21(24)6-3)28-17-13-23(25)26/h13-14,18-19H,4-12,15-17H2,1-3H3/b27-14+. The van der Waals surface area contributed by atoms with E-state index in [2.05, 4.69) is 25.9 Å². The number of halogens is 2. The van der Waals surface area contributed by atoms with Gasteiger partial charge in [-0.3, -0.25) is 0 Å². The van der Waals surface area contributed by atoms with Crippen LogP contribution in [0.3, 0.4) is 0 Å². The van der Waals surface area contributed by atoms with Crippen LogP contribution in [0, 0.1) is 0 Å². The minimum Gasteiger partial charge on any atom is -0.493 e. The van der Waals surface area contributed by atoms with E-state index < -0.39 is 0 Å². The van der Waals surface area contributed by atoms with Crippen molar-refractivity contribution >= 4 is 29.4 Å². The highest BCUT2D eigenvalue weighted by Gasteiger charge is 2.11. The summed E-state index contributed by atoms with van der Waals surface area (Å²) in [6.45, 7) is 8.16. The van der Waals surface area contributed by atoms with Gasteiger partial charge in [0, 0.05) is 6.21 Å². The monoisotopic (exact) mass is 457 g/mol. The molecule has 0 aliphatic rings. The molecule has 0 unspecified atom stereocenters. The third-order valence-electron chi connectivity index (χ3n) is 4.68. The van der Waals surface area contributed by atoms with Crippen molar-refractivity contribution in [2.75, 3.05) is 19.8 Å². The summed E-state index contributed by atoms with van der Waals surface area (Å²) in [7, 11) is 0. The Bertz CT molecular complexity index is 618. The number of nitrogens with zero attached hydrogens (tertiary/aromatic N) is 1. The highest BCUT2D eigenvalue weighted by molar-refractivity contribution is 6.55. The van der Waals surface area contributed by atoms with Gasteiger partial charge in [0.05, 0.1) is 6.61 Å². The topological polar surface area (TPSA) is 40.0 Å². The van der Waals surface area contributed by atoms with Crippen molar-refractivity contribution in [2.24, 2.45) is 5.16 Å². The number of oxime groups is 1. The van der Waals surface area contributed by atoms with Crippen molar-refractivity contribution in [3.05, 3.63) is 33.8 Å². The molecule has 30 heavy (non-hydrogen) atoms. The number of ether oxygens (including phenoxy) is 2. The first-order valence-corrected chi connectivity index (χ1v) is 11.9. The van der Waals surface area contributed by atoms with Crippen LogP contribution in [0.5, 0.6) is 11.5 Å². The van der Waals surface area contributed by atoms with Gasteiger partial charge in [0.1, 0.15) is 29.2 Å². The molecule has 1 rings (SSSR count). The molecule has 170 valence electrons. The lowest BCUT2D eigenvalue weighted by Crippen LogP contribution is -2.05. The normalized spacial score (nSPS) is 11.0. The minimum absolute atomic E-state index is 0.213. The average molecular weight is 458 g/mol. The first-order chi connectivity index (χ1) is 14.6. The van der Waals surface area contributed by atoms with Gasteiger partial charge < -0.3 is 14.3 Å². The van der Waals surface area contributed by atoms with Crippen molar-refractivity contribution in [1.82, 2.24) is 0 Å². The third-order valence-corrected chi connectivity index (χ3v) is 4.99. The zero-order valence-electron chi connectivity index (χ0n) is 18.7. The van der Waals surface area contributed by atoms with Crippen molar-refractivity contribution in [1.29, 1.82) is 0 Å². The SMILES string of the molecule is CCCCC/C=N/OCCCCCOc1c(CC)cc(OCC=C(Cl)Cl)cc1CC. The lowest BCUT2D eigenvalue weighted by Gasteiger charge is -2.17. The molecule has 0 N–H and O–H groups in total. The molecule has 1 aromatic rings. The largest absolute Gasteiger partial charge is 0.493 e. The van der Waals surface area contributed by atoms with Crippen LogP contribution in [0.15, 0.2) is 27.9 Å². The number of aryl methyl sites for hydroxylation is 2. The predicted octanol–water partition coefficient (Wildman–Crippen LogP) is 7.64. The summed E-state index contributed by atoms with van der Waals surface area (Å²) in [5.74, 6) is 1.81. The van der Waals surface area contributed by atoms with Gasteiger partial charge in [-0.25, -0.2) is 0 Å². The van der Waals surface area contributed by atoms with Crippen LogP contribution in [0.4, 0.5) is 0 Å². The summed E-state index contributed by atoms with van der Waals surface area (Å²) in [6.07, 6.45) is 13.0. The summed E-state index contributed by atoms with van der Waals surface area (Å²) in [4.78, 5) is 5.31. The third kappa shape index (κ3) is 11.7. The van der Waals surface area contributed by atoms with Gasteiger partial charge in [-0.05, 0) is 74.3 Å². The molecule has 0 atom stereocenters. The van der Waals surface area contributed by atoms with Gasteiger partial charge in [-0.15, -0.1) is 0 Å². The van der Waals surface area contributed by atoms with E-state index in [4.69, 9.17) is 37.5 Å². The van der Waals surface area contributed by atoms with Crippen LogP contribution in [0.1, 0.15) is 76.8 Å². The van der Waals surface area contributed by atoms with Crippen LogP contribution >= 0.6 is 23.2 Å². The fraction of sp³-hybridized carbons (Fsp3) is 0.625. The molecular weight excluding hydrogens is 421 g/mol. The maximum Gasteiger partial charge on any atom is 0.125 e. The van der Waals surface area contributed by atoms with E-state index in [-0.39, 0.29) is 4.49 Å². The Morgan fingerprint density at radius 3 is 2.23 bits per heavy atom. The van der Waals surface area contributed by atoms with E-state index in [0.717, 1.165) is 61.2 Å². The lowest BCUT2D eigenvalue weighted by molar-refractivity contribution is 0.139. The Labute approximate surface area is 192 Å². The highest BCUT2D eigenvalue weighted by atomic mass is 35.5. The van der Waals surface area contributed by atoms with Crippen LogP contribution in [0.25, 0.3) is 0 Å². The first kappa shape index (κ1) is 26.6. The van der Waals surface area contributed by atoms with Gasteiger partial charge in [0.25, 0.3) is 0 Å². The number of rotatable bonds is 17. The average Bonchev–Trinajstić information content (AvgIpc) is 2.74. The second-order valence-corrected chi connectivity index (χ2v) is 8.12. The van der Waals surface area contributed by atoms with Crippen LogP contribution in [-0.2, 0) is 17.7 Å². The summed E-state index contributed by atoms with van der Waals surface area (Å²) in [5.41, 5.74) is 2.32. The van der Waals surface area contributed by atoms with Crippen LogP contribution in [-0.4, -0.2) is 26.0 Å². The number of benzene rings is 1. The highest BCUT2D eigenvalue weighted by Crippen LogP contribution is 2.31. The molecule has 1 aromatic carbocycles. The summed E-state index contributed by atoms with van der Waals surface area (Å²) >= 11 is 11.3. The van der Waals surface area contributed by atoms with E-state index >= 15 is 0 Å². The number of hydrogen-bond acceptors (Lipinski definition) is 4. The predicted molar refractivity (Wildman–Crippen MR) is 128 cm³/mol. The number of unbranched alkanes of at least 4 members (excludes halogenated alkanes) is 5. The Hall–Kier alpha value is -1.39. The molecule has 0 aliphatic carbocycles. The summed E-state index contributed by atoms with van der Waals surface area (Å²) < 4.78 is 12.1. The summed E-state index contributed by atoms with van der Waals surface area (Å²) in [6, 6.07) is 4.08. The Morgan fingerprint density at radius 1 is 0.900 bits per heavy atom. The second kappa shape index (κ2) is 17.3. The molecule has 0 fully saturated rings. The molecule has 0 saturated carbocycles. The molecule has 4 nitrogen and oxygen atoms in total. The molecule has 0 bridgehead atoms. The second-order valence-electron chi connectivity index (χ2n) is 7.11.